The van der Waals surface area contributed by atoms with Crippen LogP contribution in [0.2, 0.25) is 0 Å². The van der Waals surface area contributed by atoms with Crippen LogP contribution in [0.1, 0.15) is 37.7 Å². The molecular formula is C15H22N2O2. The quantitative estimate of drug-likeness (QED) is 0.900. The maximum atomic E-state index is 12.2. The van der Waals surface area contributed by atoms with Gasteiger partial charge in [-0.1, -0.05) is 12.8 Å². The minimum Gasteiger partial charge on any atom is -0.391 e. The minimum absolute atomic E-state index is 0.00121. The summed E-state index contributed by atoms with van der Waals surface area (Å²) in [6, 6.07) is 3.87. The Labute approximate surface area is 114 Å². The van der Waals surface area contributed by atoms with Gasteiger partial charge in [0.15, 0.2) is 0 Å². The molecule has 1 aliphatic rings. The zero-order valence-electron chi connectivity index (χ0n) is 11.5. The van der Waals surface area contributed by atoms with Crippen molar-refractivity contribution in [3.8, 4) is 0 Å². The molecule has 4 heteroatoms. The van der Waals surface area contributed by atoms with E-state index < -0.39 is 0 Å². The number of pyridine rings is 1. The van der Waals surface area contributed by atoms with Crippen molar-refractivity contribution in [1.82, 2.24) is 9.88 Å². The first-order valence-electron chi connectivity index (χ1n) is 7.01. The van der Waals surface area contributed by atoms with E-state index in [1.165, 1.54) is 0 Å². The van der Waals surface area contributed by atoms with Crippen LogP contribution in [0.4, 0.5) is 0 Å². The highest BCUT2D eigenvalue weighted by atomic mass is 16.3. The molecule has 2 unspecified atom stereocenters. The number of hydrogen-bond donors (Lipinski definition) is 1. The average Bonchev–Trinajstić information content (AvgIpc) is 2.45. The minimum atomic E-state index is -0.358. The monoisotopic (exact) mass is 262 g/mol. The first-order valence-corrected chi connectivity index (χ1v) is 7.01. The van der Waals surface area contributed by atoms with Gasteiger partial charge in [0.2, 0.25) is 5.91 Å². The first kappa shape index (κ1) is 14.0. The van der Waals surface area contributed by atoms with Crippen molar-refractivity contribution < 1.29 is 9.90 Å². The molecule has 1 heterocycles. The van der Waals surface area contributed by atoms with E-state index in [0.717, 1.165) is 37.7 Å². The Kier molecular flexibility index (Phi) is 4.91. The standard InChI is InChI=1S/C15H22N2O2/c1-17(13-4-2-3-5-14(13)18)15(19)7-6-12-8-10-16-11-9-12/h8-11,13-14,18H,2-7H2,1H3. The fourth-order valence-electron chi connectivity index (χ4n) is 2.71. The first-order chi connectivity index (χ1) is 9.18. The Morgan fingerprint density at radius 3 is 2.74 bits per heavy atom. The number of rotatable bonds is 4. The molecule has 0 aliphatic heterocycles. The van der Waals surface area contributed by atoms with Crippen LogP contribution >= 0.6 is 0 Å². The molecule has 1 aliphatic carbocycles. The number of aliphatic hydroxyl groups is 1. The largest absolute Gasteiger partial charge is 0.391 e. The summed E-state index contributed by atoms with van der Waals surface area (Å²) in [7, 11) is 1.81. The summed E-state index contributed by atoms with van der Waals surface area (Å²) < 4.78 is 0. The van der Waals surface area contributed by atoms with Crippen molar-refractivity contribution in [3.05, 3.63) is 30.1 Å². The number of carbonyl (C=O) groups is 1. The molecule has 1 aromatic rings. The lowest BCUT2D eigenvalue weighted by Gasteiger charge is -2.35. The molecule has 1 fully saturated rings. The Bertz CT molecular complexity index is 408. The number of amides is 1. The van der Waals surface area contributed by atoms with Crippen molar-refractivity contribution >= 4 is 5.91 Å². The molecule has 104 valence electrons. The van der Waals surface area contributed by atoms with Gasteiger partial charge < -0.3 is 10.0 Å². The summed E-state index contributed by atoms with van der Waals surface area (Å²) in [5, 5.41) is 9.97. The van der Waals surface area contributed by atoms with Crippen LogP contribution in [0.25, 0.3) is 0 Å². The Balaban J connectivity index is 1.85. The molecule has 4 nitrogen and oxygen atoms in total. The van der Waals surface area contributed by atoms with E-state index >= 15 is 0 Å². The van der Waals surface area contributed by atoms with Gasteiger partial charge in [-0.2, -0.15) is 0 Å². The van der Waals surface area contributed by atoms with Crippen LogP contribution in [0.5, 0.6) is 0 Å². The molecule has 0 aromatic carbocycles. The van der Waals surface area contributed by atoms with Crippen LogP contribution in [0.15, 0.2) is 24.5 Å². The van der Waals surface area contributed by atoms with Gasteiger partial charge in [-0.3, -0.25) is 9.78 Å². The number of aliphatic hydroxyl groups excluding tert-OH is 1. The Hall–Kier alpha value is -1.42. The highest BCUT2D eigenvalue weighted by molar-refractivity contribution is 5.76. The van der Waals surface area contributed by atoms with Crippen LogP contribution < -0.4 is 0 Å². The van der Waals surface area contributed by atoms with Crippen LogP contribution in [0.3, 0.4) is 0 Å². The molecular weight excluding hydrogens is 240 g/mol. The molecule has 0 radical (unpaired) electrons. The summed E-state index contributed by atoms with van der Waals surface area (Å²) in [5.74, 6) is 0.114. The van der Waals surface area contributed by atoms with Gasteiger partial charge in [0.05, 0.1) is 12.1 Å². The third-order valence-electron chi connectivity index (χ3n) is 3.96. The van der Waals surface area contributed by atoms with Gasteiger partial charge in [0.1, 0.15) is 0 Å². The van der Waals surface area contributed by atoms with Gasteiger partial charge in [-0.05, 0) is 37.0 Å². The summed E-state index contributed by atoms with van der Waals surface area (Å²) in [6.07, 6.45) is 8.25. The summed E-state index contributed by atoms with van der Waals surface area (Å²) in [4.78, 5) is 17.9. The van der Waals surface area contributed by atoms with E-state index in [4.69, 9.17) is 0 Å². The Morgan fingerprint density at radius 2 is 2.05 bits per heavy atom. The number of aryl methyl sites for hydroxylation is 1. The van der Waals surface area contributed by atoms with E-state index in [9.17, 15) is 9.90 Å². The molecule has 2 rings (SSSR count). The van der Waals surface area contributed by atoms with Gasteiger partial charge in [-0.15, -0.1) is 0 Å². The number of nitrogens with zero attached hydrogens (tertiary/aromatic N) is 2. The van der Waals surface area contributed by atoms with Gasteiger partial charge >= 0.3 is 0 Å². The van der Waals surface area contributed by atoms with E-state index in [1.54, 1.807) is 17.3 Å². The lowest BCUT2D eigenvalue weighted by Crippen LogP contribution is -2.46. The van der Waals surface area contributed by atoms with Crippen molar-refractivity contribution in [2.45, 2.75) is 50.7 Å². The second kappa shape index (κ2) is 6.66. The maximum Gasteiger partial charge on any atom is 0.222 e. The number of likely N-dealkylation sites (N-methyl/N-ethyl adjacent to an activating group) is 1. The maximum absolute atomic E-state index is 12.2. The highest BCUT2D eigenvalue weighted by Crippen LogP contribution is 2.23. The molecule has 1 N–H and O–H groups in total. The van der Waals surface area contributed by atoms with Crippen LogP contribution in [0, 0.1) is 0 Å². The topological polar surface area (TPSA) is 53.4 Å². The second-order valence-electron chi connectivity index (χ2n) is 5.28. The predicted molar refractivity (Wildman–Crippen MR) is 73.6 cm³/mol. The fraction of sp³-hybridized carbons (Fsp3) is 0.600. The fourth-order valence-corrected chi connectivity index (χ4v) is 2.71. The number of carbonyl (C=O) groups excluding carboxylic acids is 1. The van der Waals surface area contributed by atoms with E-state index in [2.05, 4.69) is 4.98 Å². The van der Waals surface area contributed by atoms with E-state index in [0.29, 0.717) is 6.42 Å². The molecule has 19 heavy (non-hydrogen) atoms. The normalized spacial score (nSPS) is 23.1. The van der Waals surface area contributed by atoms with Crippen LogP contribution in [-0.4, -0.2) is 40.1 Å². The van der Waals surface area contributed by atoms with Gasteiger partial charge in [-0.25, -0.2) is 0 Å². The molecule has 0 bridgehead atoms. The van der Waals surface area contributed by atoms with Crippen molar-refractivity contribution in [1.29, 1.82) is 0 Å². The molecule has 1 aromatic heterocycles. The average molecular weight is 262 g/mol. The summed E-state index contributed by atoms with van der Waals surface area (Å²) in [6.45, 7) is 0. The third kappa shape index (κ3) is 3.77. The molecule has 0 saturated heterocycles. The van der Waals surface area contributed by atoms with Gasteiger partial charge in [0, 0.05) is 25.9 Å². The van der Waals surface area contributed by atoms with Crippen molar-refractivity contribution in [2.24, 2.45) is 0 Å². The zero-order chi connectivity index (χ0) is 13.7. The SMILES string of the molecule is CN(C(=O)CCc1ccncc1)C1CCCCC1O. The lowest BCUT2D eigenvalue weighted by molar-refractivity contribution is -0.135. The predicted octanol–water partition coefficient (Wildman–Crippen LogP) is 1.78. The molecule has 2 atom stereocenters. The third-order valence-corrected chi connectivity index (χ3v) is 3.96. The van der Waals surface area contributed by atoms with Crippen molar-refractivity contribution in [3.63, 3.8) is 0 Å². The summed E-state index contributed by atoms with van der Waals surface area (Å²) >= 11 is 0. The van der Waals surface area contributed by atoms with E-state index in [-0.39, 0.29) is 18.1 Å². The lowest BCUT2D eigenvalue weighted by atomic mass is 9.91. The number of aromatic nitrogens is 1. The van der Waals surface area contributed by atoms with E-state index in [1.807, 2.05) is 19.2 Å². The smallest absolute Gasteiger partial charge is 0.222 e. The van der Waals surface area contributed by atoms with Crippen LogP contribution in [-0.2, 0) is 11.2 Å². The molecule has 1 saturated carbocycles. The van der Waals surface area contributed by atoms with Crippen molar-refractivity contribution in [2.75, 3.05) is 7.05 Å². The highest BCUT2D eigenvalue weighted by Gasteiger charge is 2.28. The Morgan fingerprint density at radius 1 is 1.37 bits per heavy atom. The molecule has 1 amide bonds. The van der Waals surface area contributed by atoms with Gasteiger partial charge in [0.25, 0.3) is 0 Å². The summed E-state index contributed by atoms with van der Waals surface area (Å²) in [5.41, 5.74) is 1.13. The second-order valence-corrected chi connectivity index (χ2v) is 5.28. The molecule has 0 spiro atoms. The zero-order valence-corrected chi connectivity index (χ0v) is 11.5. The number of hydrogen-bond acceptors (Lipinski definition) is 3.